The molecule has 7 heteroatoms. The fourth-order valence-electron chi connectivity index (χ4n) is 2.24. The number of nitrogens with zero attached hydrogens (tertiary/aromatic N) is 2. The molecule has 26 heavy (non-hydrogen) atoms. The molecule has 0 fully saturated rings. The van der Waals surface area contributed by atoms with Gasteiger partial charge in [0, 0.05) is 11.4 Å². The summed E-state index contributed by atoms with van der Waals surface area (Å²) in [6.07, 6.45) is 0. The lowest BCUT2D eigenvalue weighted by Gasteiger charge is -2.08. The molecular weight excluding hydrogens is 352 g/mol. The highest BCUT2D eigenvalue weighted by molar-refractivity contribution is 6.32. The first-order valence-corrected chi connectivity index (χ1v) is 8.25. The molecule has 0 aliphatic carbocycles. The van der Waals surface area contributed by atoms with Crippen LogP contribution < -0.4 is 15.4 Å². The van der Waals surface area contributed by atoms with Crippen LogP contribution in [0.3, 0.4) is 0 Å². The van der Waals surface area contributed by atoms with Gasteiger partial charge in [-0.1, -0.05) is 29.3 Å². The normalized spacial score (nSPS) is 10.3. The number of hydrogen-bond donors (Lipinski definition) is 2. The van der Waals surface area contributed by atoms with Crippen LogP contribution in [-0.4, -0.2) is 23.2 Å². The maximum absolute atomic E-state index is 12.3. The molecule has 0 unspecified atom stereocenters. The van der Waals surface area contributed by atoms with Gasteiger partial charge in [0.2, 0.25) is 0 Å². The molecule has 1 heterocycles. The Morgan fingerprint density at radius 1 is 1.00 bits per heavy atom. The molecular formula is C19H17ClN4O2. The lowest BCUT2D eigenvalue weighted by Crippen LogP contribution is -2.14. The maximum Gasteiger partial charge on any atom is 0.276 e. The number of carbonyl (C=O) groups excluding carboxylic acids is 1. The van der Waals surface area contributed by atoms with E-state index in [2.05, 4.69) is 20.8 Å². The number of ether oxygens (including phenoxy) is 1. The van der Waals surface area contributed by atoms with Crippen molar-refractivity contribution in [1.82, 2.24) is 10.2 Å². The van der Waals surface area contributed by atoms with Crippen LogP contribution in [0.5, 0.6) is 5.75 Å². The zero-order valence-corrected chi connectivity index (χ0v) is 15.0. The Labute approximate surface area is 156 Å². The van der Waals surface area contributed by atoms with Gasteiger partial charge in [0.05, 0.1) is 12.1 Å². The highest BCUT2D eigenvalue weighted by Crippen LogP contribution is 2.27. The molecule has 1 aromatic heterocycles. The molecule has 3 aromatic rings. The highest BCUT2D eigenvalue weighted by Gasteiger charge is 2.10. The number of carbonyl (C=O) groups is 1. The number of hydrogen-bond acceptors (Lipinski definition) is 5. The van der Waals surface area contributed by atoms with Gasteiger partial charge in [-0.2, -0.15) is 0 Å². The quantitative estimate of drug-likeness (QED) is 0.696. The van der Waals surface area contributed by atoms with Crippen LogP contribution >= 0.6 is 11.6 Å². The van der Waals surface area contributed by atoms with Crippen molar-refractivity contribution in [1.29, 1.82) is 0 Å². The van der Waals surface area contributed by atoms with Gasteiger partial charge >= 0.3 is 0 Å². The van der Waals surface area contributed by atoms with Crippen LogP contribution in [0.1, 0.15) is 16.1 Å². The summed E-state index contributed by atoms with van der Waals surface area (Å²) in [5, 5.41) is 14.3. The smallest absolute Gasteiger partial charge is 0.276 e. The van der Waals surface area contributed by atoms with Crippen molar-refractivity contribution in [3.05, 3.63) is 70.9 Å². The van der Waals surface area contributed by atoms with Crippen LogP contribution in [-0.2, 0) is 0 Å². The predicted molar refractivity (Wildman–Crippen MR) is 102 cm³/mol. The van der Waals surface area contributed by atoms with Crippen molar-refractivity contribution in [3.8, 4) is 5.75 Å². The van der Waals surface area contributed by atoms with Crippen LogP contribution in [0.15, 0.2) is 54.6 Å². The van der Waals surface area contributed by atoms with Crippen molar-refractivity contribution in [2.45, 2.75) is 6.92 Å². The molecule has 1 amide bonds. The fourth-order valence-corrected chi connectivity index (χ4v) is 2.50. The number of methoxy groups -OCH3 is 1. The minimum absolute atomic E-state index is 0.200. The molecule has 0 bridgehead atoms. The van der Waals surface area contributed by atoms with E-state index in [1.807, 2.05) is 31.2 Å². The third-order valence-corrected chi connectivity index (χ3v) is 3.93. The molecule has 0 aliphatic rings. The molecule has 0 saturated heterocycles. The molecule has 0 radical (unpaired) electrons. The summed E-state index contributed by atoms with van der Waals surface area (Å²) in [7, 11) is 1.53. The number of anilines is 3. The van der Waals surface area contributed by atoms with Crippen molar-refractivity contribution in [2.24, 2.45) is 0 Å². The van der Waals surface area contributed by atoms with Gasteiger partial charge in [-0.15, -0.1) is 10.2 Å². The van der Waals surface area contributed by atoms with E-state index in [1.54, 1.807) is 30.3 Å². The Balaban J connectivity index is 1.66. The standard InChI is InChI=1S/C19H17ClN4O2/c1-12-3-5-13(6-4-12)21-18-10-8-16(23-24-18)19(25)22-14-7-9-17(26-2)15(20)11-14/h3-11H,1-2H3,(H,21,24)(H,22,25). The van der Waals surface area contributed by atoms with E-state index in [-0.39, 0.29) is 11.6 Å². The number of nitrogens with one attached hydrogen (secondary N) is 2. The third kappa shape index (κ3) is 4.29. The highest BCUT2D eigenvalue weighted by atomic mass is 35.5. The number of benzene rings is 2. The summed E-state index contributed by atoms with van der Waals surface area (Å²) in [6.45, 7) is 2.02. The van der Waals surface area contributed by atoms with Crippen molar-refractivity contribution in [3.63, 3.8) is 0 Å². The molecule has 132 valence electrons. The Hall–Kier alpha value is -3.12. The van der Waals surface area contributed by atoms with Crippen LogP contribution in [0.2, 0.25) is 5.02 Å². The number of amides is 1. The first-order valence-electron chi connectivity index (χ1n) is 7.87. The van der Waals surface area contributed by atoms with E-state index in [9.17, 15) is 4.79 Å². The average molecular weight is 369 g/mol. The molecule has 3 rings (SSSR count). The SMILES string of the molecule is COc1ccc(NC(=O)c2ccc(Nc3ccc(C)cc3)nn2)cc1Cl. The summed E-state index contributed by atoms with van der Waals surface area (Å²) >= 11 is 6.05. The Kier molecular flexibility index (Phi) is 5.34. The van der Waals surface area contributed by atoms with E-state index in [1.165, 1.54) is 12.7 Å². The Bertz CT molecular complexity index is 912. The predicted octanol–water partition coefficient (Wildman–Crippen LogP) is 4.44. The topological polar surface area (TPSA) is 76.1 Å². The zero-order chi connectivity index (χ0) is 18.5. The number of aryl methyl sites for hydroxylation is 1. The van der Waals surface area contributed by atoms with Crippen molar-refractivity contribution in [2.75, 3.05) is 17.7 Å². The first kappa shape index (κ1) is 17.7. The van der Waals surface area contributed by atoms with E-state index in [0.29, 0.717) is 22.3 Å². The second-order valence-corrected chi connectivity index (χ2v) is 6.01. The number of rotatable bonds is 5. The van der Waals surface area contributed by atoms with E-state index >= 15 is 0 Å². The summed E-state index contributed by atoms with van der Waals surface area (Å²) in [5.74, 6) is 0.717. The van der Waals surface area contributed by atoms with E-state index in [0.717, 1.165) is 5.69 Å². The number of halogens is 1. The Morgan fingerprint density at radius 3 is 2.35 bits per heavy atom. The first-order chi connectivity index (χ1) is 12.5. The van der Waals surface area contributed by atoms with Gasteiger partial charge in [-0.3, -0.25) is 4.79 Å². The average Bonchev–Trinajstić information content (AvgIpc) is 2.64. The molecule has 0 atom stereocenters. The van der Waals surface area contributed by atoms with Crippen LogP contribution in [0, 0.1) is 6.92 Å². The maximum atomic E-state index is 12.3. The van der Waals surface area contributed by atoms with Gasteiger partial charge in [0.25, 0.3) is 5.91 Å². The minimum atomic E-state index is -0.374. The van der Waals surface area contributed by atoms with Gasteiger partial charge in [-0.25, -0.2) is 0 Å². The van der Waals surface area contributed by atoms with Crippen molar-refractivity contribution >= 4 is 34.7 Å². The summed E-state index contributed by atoms with van der Waals surface area (Å²) in [6, 6.07) is 16.2. The minimum Gasteiger partial charge on any atom is -0.495 e. The molecule has 0 spiro atoms. The third-order valence-electron chi connectivity index (χ3n) is 3.63. The fraction of sp³-hybridized carbons (Fsp3) is 0.105. The monoisotopic (exact) mass is 368 g/mol. The zero-order valence-electron chi connectivity index (χ0n) is 14.3. The summed E-state index contributed by atoms with van der Waals surface area (Å²) in [4.78, 5) is 12.3. The largest absolute Gasteiger partial charge is 0.495 e. The second-order valence-electron chi connectivity index (χ2n) is 5.60. The van der Waals surface area contributed by atoms with Crippen molar-refractivity contribution < 1.29 is 9.53 Å². The van der Waals surface area contributed by atoms with E-state index in [4.69, 9.17) is 16.3 Å². The lowest BCUT2D eigenvalue weighted by atomic mass is 10.2. The van der Waals surface area contributed by atoms with Crippen LogP contribution in [0.4, 0.5) is 17.2 Å². The van der Waals surface area contributed by atoms with Gasteiger partial charge in [0.1, 0.15) is 5.75 Å². The summed E-state index contributed by atoms with van der Waals surface area (Å²) in [5.41, 5.74) is 2.82. The second kappa shape index (κ2) is 7.84. The van der Waals surface area contributed by atoms with Gasteiger partial charge in [-0.05, 0) is 49.4 Å². The Morgan fingerprint density at radius 2 is 1.73 bits per heavy atom. The molecule has 2 aromatic carbocycles. The van der Waals surface area contributed by atoms with Gasteiger partial charge in [0.15, 0.2) is 11.5 Å². The van der Waals surface area contributed by atoms with Crippen LogP contribution in [0.25, 0.3) is 0 Å². The summed E-state index contributed by atoms with van der Waals surface area (Å²) < 4.78 is 5.08. The lowest BCUT2D eigenvalue weighted by molar-refractivity contribution is 0.102. The molecule has 2 N–H and O–H groups in total. The number of aromatic nitrogens is 2. The molecule has 6 nitrogen and oxygen atoms in total. The van der Waals surface area contributed by atoms with Gasteiger partial charge < -0.3 is 15.4 Å². The van der Waals surface area contributed by atoms with E-state index < -0.39 is 0 Å². The molecule has 0 aliphatic heterocycles. The molecule has 0 saturated carbocycles.